The van der Waals surface area contributed by atoms with E-state index in [1.807, 2.05) is 51.1 Å². The third kappa shape index (κ3) is 3.85. The summed E-state index contributed by atoms with van der Waals surface area (Å²) in [7, 11) is 0. The van der Waals surface area contributed by atoms with E-state index < -0.39 is 5.60 Å². The molecule has 0 saturated carbocycles. The Morgan fingerprint density at radius 3 is 2.40 bits per heavy atom. The van der Waals surface area contributed by atoms with Crippen LogP contribution in [0.4, 0.5) is 4.79 Å². The Hall–Kier alpha value is -0.820. The molecular formula is C15H15BrINO2. The van der Waals surface area contributed by atoms with Crippen molar-refractivity contribution in [2.45, 2.75) is 26.4 Å². The van der Waals surface area contributed by atoms with Crippen molar-refractivity contribution in [1.82, 2.24) is 4.57 Å². The monoisotopic (exact) mass is 447 g/mol. The van der Waals surface area contributed by atoms with E-state index in [0.717, 1.165) is 19.3 Å². The number of rotatable bonds is 1. The molecule has 0 saturated heterocycles. The molecule has 2 aromatic rings. The highest BCUT2D eigenvalue weighted by Gasteiger charge is 2.20. The van der Waals surface area contributed by atoms with E-state index in [2.05, 4.69) is 38.5 Å². The summed E-state index contributed by atoms with van der Waals surface area (Å²) in [5, 5.41) is 0. The van der Waals surface area contributed by atoms with Crippen molar-refractivity contribution >= 4 is 44.6 Å². The number of benzene rings is 1. The molecule has 5 heteroatoms. The minimum absolute atomic E-state index is 0.378. The minimum atomic E-state index is -0.517. The fraction of sp³-hybridized carbons (Fsp3) is 0.267. The molecule has 1 heterocycles. The largest absolute Gasteiger partial charge is 0.443 e. The second-order valence-corrected chi connectivity index (χ2v) is 7.56. The van der Waals surface area contributed by atoms with Crippen molar-refractivity contribution in [1.29, 1.82) is 0 Å². The highest BCUT2D eigenvalue weighted by atomic mass is 127. The maximum atomic E-state index is 12.3. The lowest BCUT2D eigenvalue weighted by atomic mass is 10.1. The Balaban J connectivity index is 2.40. The lowest BCUT2D eigenvalue weighted by Gasteiger charge is -2.20. The van der Waals surface area contributed by atoms with Crippen LogP contribution in [0.3, 0.4) is 0 Å². The Labute approximate surface area is 140 Å². The molecule has 0 fully saturated rings. The van der Waals surface area contributed by atoms with Crippen LogP contribution < -0.4 is 0 Å². The molecule has 0 bridgehead atoms. The number of hydrogen-bond acceptors (Lipinski definition) is 2. The summed E-state index contributed by atoms with van der Waals surface area (Å²) < 4.78 is 8.95. The molecule has 3 nitrogen and oxygen atoms in total. The van der Waals surface area contributed by atoms with E-state index in [4.69, 9.17) is 4.74 Å². The van der Waals surface area contributed by atoms with Gasteiger partial charge in [0.2, 0.25) is 0 Å². The summed E-state index contributed by atoms with van der Waals surface area (Å²) in [5.41, 5.74) is 1.27. The molecule has 0 aliphatic heterocycles. The average Bonchev–Trinajstić information content (AvgIpc) is 2.70. The van der Waals surface area contributed by atoms with Gasteiger partial charge in [-0.3, -0.25) is 4.57 Å². The molecule has 0 radical (unpaired) electrons. The maximum Gasteiger partial charge on any atom is 0.419 e. The SMILES string of the molecule is CC(C)(C)OC(=O)n1cc(Br)cc1-c1ccc(I)cc1. The third-order valence-electron chi connectivity index (χ3n) is 2.52. The van der Waals surface area contributed by atoms with Crippen LogP contribution in [-0.2, 0) is 4.74 Å². The molecule has 0 unspecified atom stereocenters. The Morgan fingerprint density at radius 2 is 1.85 bits per heavy atom. The van der Waals surface area contributed by atoms with Crippen molar-refractivity contribution < 1.29 is 9.53 Å². The number of ether oxygens (including phenoxy) is 1. The molecular weight excluding hydrogens is 433 g/mol. The summed E-state index contributed by atoms with van der Waals surface area (Å²) in [6.45, 7) is 5.57. The molecule has 106 valence electrons. The van der Waals surface area contributed by atoms with E-state index in [0.29, 0.717) is 0 Å². The lowest BCUT2D eigenvalue weighted by Crippen LogP contribution is -2.27. The minimum Gasteiger partial charge on any atom is -0.443 e. The first-order chi connectivity index (χ1) is 9.26. The first-order valence-electron chi connectivity index (χ1n) is 6.13. The van der Waals surface area contributed by atoms with Gasteiger partial charge in [0.25, 0.3) is 0 Å². The Morgan fingerprint density at radius 1 is 1.25 bits per heavy atom. The molecule has 1 aromatic heterocycles. The van der Waals surface area contributed by atoms with Gasteiger partial charge in [0.15, 0.2) is 0 Å². The fourth-order valence-corrected chi connectivity index (χ4v) is 2.52. The van der Waals surface area contributed by atoms with Crippen LogP contribution in [0, 0.1) is 3.57 Å². The van der Waals surface area contributed by atoms with Gasteiger partial charge in [-0.25, -0.2) is 4.79 Å². The molecule has 0 aliphatic carbocycles. The van der Waals surface area contributed by atoms with Gasteiger partial charge in [-0.2, -0.15) is 0 Å². The number of halogens is 2. The summed E-state index contributed by atoms with van der Waals surface area (Å²) in [6, 6.07) is 9.91. The van der Waals surface area contributed by atoms with E-state index in [9.17, 15) is 4.79 Å². The summed E-state index contributed by atoms with van der Waals surface area (Å²) in [5.74, 6) is 0. The van der Waals surface area contributed by atoms with Gasteiger partial charge in [-0.1, -0.05) is 12.1 Å². The predicted molar refractivity (Wildman–Crippen MR) is 91.9 cm³/mol. The zero-order valence-corrected chi connectivity index (χ0v) is 15.2. The predicted octanol–water partition coefficient (Wildman–Crippen LogP) is 5.31. The molecule has 0 spiro atoms. The quantitative estimate of drug-likeness (QED) is 0.555. The molecule has 1 aromatic carbocycles. The molecule has 0 N–H and O–H groups in total. The van der Waals surface area contributed by atoms with Gasteiger partial charge < -0.3 is 4.74 Å². The van der Waals surface area contributed by atoms with Gasteiger partial charge >= 0.3 is 6.09 Å². The number of aromatic nitrogens is 1. The normalized spacial score (nSPS) is 11.4. The Kier molecular flexibility index (Phi) is 4.59. The third-order valence-corrected chi connectivity index (χ3v) is 3.67. The second-order valence-electron chi connectivity index (χ2n) is 5.40. The summed E-state index contributed by atoms with van der Waals surface area (Å²) >= 11 is 5.67. The van der Waals surface area contributed by atoms with Crippen LogP contribution in [-0.4, -0.2) is 16.3 Å². The first-order valence-corrected chi connectivity index (χ1v) is 8.00. The lowest BCUT2D eigenvalue weighted by molar-refractivity contribution is 0.0540. The van der Waals surface area contributed by atoms with Crippen LogP contribution in [0.5, 0.6) is 0 Å². The molecule has 0 atom stereocenters. The molecule has 2 rings (SSSR count). The van der Waals surface area contributed by atoms with Crippen LogP contribution in [0.25, 0.3) is 11.3 Å². The second kappa shape index (κ2) is 5.89. The van der Waals surface area contributed by atoms with Crippen molar-refractivity contribution in [3.63, 3.8) is 0 Å². The Bertz CT molecular complexity index is 626. The van der Waals surface area contributed by atoms with E-state index in [-0.39, 0.29) is 6.09 Å². The van der Waals surface area contributed by atoms with Gasteiger partial charge in [0.05, 0.1) is 5.69 Å². The molecule has 0 amide bonds. The van der Waals surface area contributed by atoms with Crippen LogP contribution in [0.1, 0.15) is 20.8 Å². The van der Waals surface area contributed by atoms with E-state index in [1.54, 1.807) is 6.20 Å². The fourth-order valence-electron chi connectivity index (χ4n) is 1.74. The number of hydrogen-bond donors (Lipinski definition) is 0. The highest BCUT2D eigenvalue weighted by Crippen LogP contribution is 2.27. The topological polar surface area (TPSA) is 31.2 Å². The van der Waals surface area contributed by atoms with E-state index >= 15 is 0 Å². The number of nitrogens with zero attached hydrogens (tertiary/aromatic N) is 1. The van der Waals surface area contributed by atoms with Crippen LogP contribution >= 0.6 is 38.5 Å². The van der Waals surface area contributed by atoms with Crippen molar-refractivity contribution in [3.8, 4) is 11.3 Å². The highest BCUT2D eigenvalue weighted by molar-refractivity contribution is 14.1. The van der Waals surface area contributed by atoms with Crippen molar-refractivity contribution in [2.24, 2.45) is 0 Å². The number of carbonyl (C=O) groups is 1. The maximum absolute atomic E-state index is 12.3. The van der Waals surface area contributed by atoms with Crippen LogP contribution in [0.2, 0.25) is 0 Å². The zero-order chi connectivity index (χ0) is 14.9. The summed E-state index contributed by atoms with van der Waals surface area (Å²) in [6.07, 6.45) is 1.35. The van der Waals surface area contributed by atoms with E-state index in [1.165, 1.54) is 4.57 Å². The average molecular weight is 448 g/mol. The van der Waals surface area contributed by atoms with Crippen molar-refractivity contribution in [3.05, 3.63) is 44.6 Å². The number of carbonyl (C=O) groups excluding carboxylic acids is 1. The van der Waals surface area contributed by atoms with Gasteiger partial charge in [-0.05, 0) is 83.1 Å². The van der Waals surface area contributed by atoms with Gasteiger partial charge in [0, 0.05) is 14.2 Å². The van der Waals surface area contributed by atoms with Gasteiger partial charge in [-0.15, -0.1) is 0 Å². The molecule has 0 aliphatic rings. The van der Waals surface area contributed by atoms with Crippen LogP contribution in [0.15, 0.2) is 41.0 Å². The summed E-state index contributed by atoms with van der Waals surface area (Å²) in [4.78, 5) is 12.3. The molecule has 20 heavy (non-hydrogen) atoms. The zero-order valence-electron chi connectivity index (χ0n) is 11.5. The first kappa shape index (κ1) is 15.6. The smallest absolute Gasteiger partial charge is 0.419 e. The standard InChI is InChI=1S/C15H15BrINO2/c1-15(2,3)20-14(19)18-9-11(16)8-13(18)10-4-6-12(17)7-5-10/h4-9H,1-3H3. The van der Waals surface area contributed by atoms with Gasteiger partial charge in [0.1, 0.15) is 5.60 Å². The van der Waals surface area contributed by atoms with Crippen molar-refractivity contribution in [2.75, 3.05) is 0 Å².